The van der Waals surface area contributed by atoms with Crippen molar-refractivity contribution < 1.29 is 52.7 Å². The van der Waals surface area contributed by atoms with Crippen molar-refractivity contribution in [2.75, 3.05) is 81.5 Å². The van der Waals surface area contributed by atoms with Gasteiger partial charge in [-0.25, -0.2) is 21.6 Å². The van der Waals surface area contributed by atoms with Crippen LogP contribution in [0.2, 0.25) is 0 Å². The van der Waals surface area contributed by atoms with Crippen LogP contribution in [0.1, 0.15) is 69.2 Å². The summed E-state index contributed by atoms with van der Waals surface area (Å²) in [6.07, 6.45) is -0.367. The standard InChI is InChI=1S/C48H59F6N5O6S3/c1-45(2)16-14-40(41-30-46(47(49,50)51)28-34(41)29-46)35(27-45)31-58-18-20-59(21-19-58)37-10-8-33(9-11-37)44(60)56-68(63,64)39-12-13-42(43(26-39)67(61,62)48(52,53)54)55-36(15-17-57-22-24-65-25-23-57)32-66-38-6-4-3-5-7-38/h3-13,26,34,36,41,55H,14-25,27-32H2,1-2H3,(H,56,60)/t34?,36-,41?,46?/m1/s1. The van der Waals surface area contributed by atoms with Crippen LogP contribution >= 0.6 is 11.8 Å². The van der Waals surface area contributed by atoms with Gasteiger partial charge in [-0.2, -0.15) is 26.3 Å². The van der Waals surface area contributed by atoms with Crippen molar-refractivity contribution >= 4 is 48.9 Å². The molecule has 3 aromatic carbocycles. The minimum Gasteiger partial charge on any atom is -0.380 e. The summed E-state index contributed by atoms with van der Waals surface area (Å²) >= 11 is 1.43. The molecule has 0 radical (unpaired) electrons. The number of nitrogens with one attached hydrogen (secondary N) is 2. The number of rotatable bonds is 16. The number of allylic oxidation sites excluding steroid dienone is 1. The Bertz CT molecular complexity index is 2540. The Morgan fingerprint density at radius 3 is 2.16 bits per heavy atom. The highest BCUT2D eigenvalue weighted by molar-refractivity contribution is 7.99. The van der Waals surface area contributed by atoms with Gasteiger partial charge < -0.3 is 15.0 Å². The summed E-state index contributed by atoms with van der Waals surface area (Å²) in [5.41, 5.74) is -4.35. The summed E-state index contributed by atoms with van der Waals surface area (Å²) in [5, 5.41) is 2.98. The molecule has 1 unspecified atom stereocenters. The normalized spacial score (nSPS) is 24.4. The molecule has 2 heterocycles. The van der Waals surface area contributed by atoms with Crippen LogP contribution in [0.3, 0.4) is 0 Å². The van der Waals surface area contributed by atoms with E-state index in [4.69, 9.17) is 4.74 Å². The van der Waals surface area contributed by atoms with Crippen molar-refractivity contribution in [1.82, 2.24) is 14.5 Å². The van der Waals surface area contributed by atoms with Gasteiger partial charge in [-0.15, -0.1) is 11.8 Å². The first-order chi connectivity index (χ1) is 32.0. The topological polar surface area (TPSA) is 128 Å². The molecule has 372 valence electrons. The highest BCUT2D eigenvalue weighted by Crippen LogP contribution is 2.70. The molecule has 4 aliphatic carbocycles. The first-order valence-corrected chi connectivity index (χ1v) is 27.1. The molecule has 68 heavy (non-hydrogen) atoms. The second-order valence-corrected chi connectivity index (χ2v) is 24.5. The Hall–Kier alpha value is -3.82. The maximum Gasteiger partial charge on any atom is 0.501 e. The van der Waals surface area contributed by atoms with Gasteiger partial charge in [0.2, 0.25) is 0 Å². The van der Waals surface area contributed by atoms with E-state index in [2.05, 4.69) is 33.9 Å². The fraction of sp³-hybridized carbons (Fsp3) is 0.562. The minimum absolute atomic E-state index is 0.00420. The van der Waals surface area contributed by atoms with E-state index in [1.807, 2.05) is 35.1 Å². The zero-order chi connectivity index (χ0) is 48.7. The molecule has 0 spiro atoms. The maximum absolute atomic E-state index is 14.2. The number of amides is 1. The van der Waals surface area contributed by atoms with Gasteiger partial charge in [0.15, 0.2) is 0 Å². The number of halogens is 6. The molecule has 2 saturated heterocycles. The molecule has 0 aromatic heterocycles. The highest BCUT2D eigenvalue weighted by Gasteiger charge is 2.69. The number of benzene rings is 3. The summed E-state index contributed by atoms with van der Waals surface area (Å²) in [4.78, 5) is 18.7. The van der Waals surface area contributed by atoms with Gasteiger partial charge in [-0.3, -0.25) is 14.6 Å². The first-order valence-electron chi connectivity index (χ1n) is 23.1. The Kier molecular flexibility index (Phi) is 14.7. The van der Waals surface area contributed by atoms with Crippen LogP contribution in [0.25, 0.3) is 0 Å². The fourth-order valence-corrected chi connectivity index (χ4v) is 13.7. The number of alkyl halides is 6. The van der Waals surface area contributed by atoms with Crippen LogP contribution in [-0.2, 0) is 24.6 Å². The quantitative estimate of drug-likeness (QED) is 0.0811. The number of fused-ring (bicyclic) bond motifs is 1. The maximum atomic E-state index is 14.2. The van der Waals surface area contributed by atoms with Crippen molar-refractivity contribution in [2.45, 2.75) is 91.2 Å². The molecule has 1 amide bonds. The lowest BCUT2D eigenvalue weighted by Gasteiger charge is -2.41. The number of hydrogen-bond donors (Lipinski definition) is 2. The zero-order valence-electron chi connectivity index (χ0n) is 38.2. The number of carbonyl (C=O) groups excluding carboxylic acids is 1. The number of carbonyl (C=O) groups is 1. The molecule has 3 aromatic rings. The lowest BCUT2D eigenvalue weighted by atomic mass is 9.67. The summed E-state index contributed by atoms with van der Waals surface area (Å²) < 4.78 is 145. The van der Waals surface area contributed by atoms with Crippen molar-refractivity contribution in [3.8, 4) is 0 Å². The van der Waals surface area contributed by atoms with Gasteiger partial charge in [-0.05, 0) is 117 Å². The summed E-state index contributed by atoms with van der Waals surface area (Å²) in [6.45, 7) is 10.8. The van der Waals surface area contributed by atoms with Gasteiger partial charge in [0.05, 0.1) is 29.2 Å². The second kappa shape index (κ2) is 19.8. The third-order valence-electron chi connectivity index (χ3n) is 14.6. The summed E-state index contributed by atoms with van der Waals surface area (Å²) in [6, 6.07) is 17.4. The van der Waals surface area contributed by atoms with Crippen LogP contribution in [0, 0.1) is 22.7 Å². The Labute approximate surface area is 399 Å². The Balaban J connectivity index is 0.918. The lowest BCUT2D eigenvalue weighted by Crippen LogP contribution is -2.47. The van der Waals surface area contributed by atoms with Gasteiger partial charge in [-0.1, -0.05) is 43.2 Å². The van der Waals surface area contributed by atoms with Gasteiger partial charge in [0.1, 0.15) is 4.90 Å². The second-order valence-electron chi connectivity index (χ2n) is 19.8. The fourth-order valence-electron chi connectivity index (χ4n) is 10.7. The molecule has 20 heteroatoms. The molecule has 2 N–H and O–H groups in total. The SMILES string of the molecule is CC1(C)CCC(C2CC3(C(F)(F)F)CC2C3)=C(CN2CCN(c3ccc(C(=O)NS(=O)(=O)c4ccc(N[C@H](CCN5CCOCC5)CSc5ccccc5)c(S(=O)(=O)C(F)(F)F)c4)cc3)CC2)C1. The van der Waals surface area contributed by atoms with E-state index >= 15 is 0 Å². The molecular weight excluding hydrogens is 953 g/mol. The Morgan fingerprint density at radius 1 is 0.853 bits per heavy atom. The van der Waals surface area contributed by atoms with Gasteiger partial charge >= 0.3 is 11.7 Å². The number of anilines is 2. The zero-order valence-corrected chi connectivity index (χ0v) is 40.6. The summed E-state index contributed by atoms with van der Waals surface area (Å²) in [5.74, 6) is -0.600. The number of thioether (sulfide) groups is 1. The number of nitrogens with zero attached hydrogens (tertiary/aromatic N) is 3. The summed E-state index contributed by atoms with van der Waals surface area (Å²) in [7, 11) is -11.0. The first kappa shape index (κ1) is 50.6. The van der Waals surface area contributed by atoms with Crippen molar-refractivity contribution in [3.63, 3.8) is 0 Å². The van der Waals surface area contributed by atoms with E-state index in [1.165, 1.54) is 35.0 Å². The van der Waals surface area contributed by atoms with Gasteiger partial charge in [0.25, 0.3) is 25.8 Å². The number of morpholine rings is 1. The number of sulfone groups is 1. The molecule has 9 rings (SSSR count). The monoisotopic (exact) mass is 1010 g/mol. The van der Waals surface area contributed by atoms with E-state index in [1.54, 1.807) is 12.1 Å². The van der Waals surface area contributed by atoms with E-state index in [-0.39, 0.29) is 42.1 Å². The highest BCUT2D eigenvalue weighted by atomic mass is 32.2. The smallest absolute Gasteiger partial charge is 0.380 e. The predicted molar refractivity (Wildman–Crippen MR) is 250 cm³/mol. The largest absolute Gasteiger partial charge is 0.501 e. The minimum atomic E-state index is -6.08. The number of piperazine rings is 1. The molecule has 6 aliphatic rings. The van der Waals surface area contributed by atoms with Crippen LogP contribution < -0.4 is 14.9 Å². The average Bonchev–Trinajstić information content (AvgIpc) is 3.86. The molecule has 3 saturated carbocycles. The van der Waals surface area contributed by atoms with Crippen LogP contribution in [0.15, 0.2) is 98.6 Å². The van der Waals surface area contributed by atoms with E-state index < -0.39 is 64.4 Å². The van der Waals surface area contributed by atoms with Crippen LogP contribution in [-0.4, -0.2) is 122 Å². The van der Waals surface area contributed by atoms with Crippen molar-refractivity contribution in [3.05, 3.63) is 89.5 Å². The molecule has 2 atom stereocenters. The number of ether oxygens (including phenoxy) is 1. The van der Waals surface area contributed by atoms with E-state index in [9.17, 15) is 48.0 Å². The number of sulfonamides is 1. The van der Waals surface area contributed by atoms with Crippen LogP contribution in [0.4, 0.5) is 37.7 Å². The number of hydrogen-bond acceptors (Lipinski definition) is 11. The Morgan fingerprint density at radius 2 is 1.53 bits per heavy atom. The average molecular weight is 1010 g/mol. The van der Waals surface area contributed by atoms with Crippen molar-refractivity contribution in [2.24, 2.45) is 22.7 Å². The third-order valence-corrected chi connectivity index (χ3v) is 18.6. The lowest BCUT2D eigenvalue weighted by molar-refractivity contribution is -0.244. The molecule has 5 fully saturated rings. The van der Waals surface area contributed by atoms with Crippen LogP contribution in [0.5, 0.6) is 0 Å². The third kappa shape index (κ3) is 11.2. The predicted octanol–water partition coefficient (Wildman–Crippen LogP) is 9.00. The molecule has 11 nitrogen and oxygen atoms in total. The van der Waals surface area contributed by atoms with E-state index in [0.717, 1.165) is 48.5 Å². The van der Waals surface area contributed by atoms with Gasteiger partial charge in [0, 0.05) is 80.3 Å². The van der Waals surface area contributed by atoms with Crippen molar-refractivity contribution in [1.29, 1.82) is 0 Å². The molecule has 2 bridgehead atoms. The van der Waals surface area contributed by atoms with E-state index in [0.29, 0.717) is 77.3 Å². The molecule has 2 aliphatic heterocycles. The molecular formula is C48H59F6N5O6S3.